The molecular formula is C16H15F2NO. The summed E-state index contributed by atoms with van der Waals surface area (Å²) in [4.78, 5) is 0. The Morgan fingerprint density at radius 1 is 1.10 bits per heavy atom. The zero-order valence-corrected chi connectivity index (χ0v) is 10.9. The van der Waals surface area contributed by atoms with Crippen molar-refractivity contribution in [2.45, 2.75) is 12.5 Å². The van der Waals surface area contributed by atoms with Crippen molar-refractivity contribution in [3.05, 3.63) is 65.2 Å². The van der Waals surface area contributed by atoms with Gasteiger partial charge in [-0.1, -0.05) is 24.3 Å². The minimum absolute atomic E-state index is 0.302. The number of para-hydroxylation sites is 1. The van der Waals surface area contributed by atoms with Crippen molar-refractivity contribution in [3.8, 4) is 5.75 Å². The van der Waals surface area contributed by atoms with Gasteiger partial charge in [0.2, 0.25) is 0 Å². The monoisotopic (exact) mass is 275 g/mol. The Hall–Kier alpha value is -1.94. The van der Waals surface area contributed by atoms with Crippen LogP contribution in [-0.2, 0) is 6.54 Å². The van der Waals surface area contributed by atoms with Gasteiger partial charge >= 0.3 is 0 Å². The van der Waals surface area contributed by atoms with Gasteiger partial charge in [-0.15, -0.1) is 0 Å². The number of hydrogen-bond acceptors (Lipinski definition) is 2. The fraction of sp³-hybridized carbons (Fsp3) is 0.250. The van der Waals surface area contributed by atoms with Gasteiger partial charge in [-0.25, -0.2) is 8.78 Å². The SMILES string of the molecule is Fc1ccc(CNCC2COc3ccccc32)cc1F. The molecule has 0 saturated heterocycles. The predicted octanol–water partition coefficient (Wildman–Crippen LogP) is 3.23. The van der Waals surface area contributed by atoms with Crippen molar-refractivity contribution in [1.82, 2.24) is 5.32 Å². The normalized spacial score (nSPS) is 16.8. The van der Waals surface area contributed by atoms with Crippen LogP contribution >= 0.6 is 0 Å². The maximum Gasteiger partial charge on any atom is 0.159 e. The maximum atomic E-state index is 13.1. The van der Waals surface area contributed by atoms with E-state index in [1.54, 1.807) is 6.07 Å². The first kappa shape index (κ1) is 13.1. The summed E-state index contributed by atoms with van der Waals surface area (Å²) in [5.41, 5.74) is 1.93. The van der Waals surface area contributed by atoms with Gasteiger partial charge < -0.3 is 10.1 Å². The fourth-order valence-corrected chi connectivity index (χ4v) is 2.44. The highest BCUT2D eigenvalue weighted by Gasteiger charge is 2.22. The van der Waals surface area contributed by atoms with Crippen LogP contribution in [0.3, 0.4) is 0 Å². The minimum Gasteiger partial charge on any atom is -0.493 e. The second kappa shape index (κ2) is 5.59. The van der Waals surface area contributed by atoms with Crippen LogP contribution in [0.25, 0.3) is 0 Å². The number of hydrogen-bond donors (Lipinski definition) is 1. The summed E-state index contributed by atoms with van der Waals surface area (Å²) in [6, 6.07) is 11.9. The predicted molar refractivity (Wildman–Crippen MR) is 72.7 cm³/mol. The van der Waals surface area contributed by atoms with E-state index in [0.717, 1.165) is 23.9 Å². The van der Waals surface area contributed by atoms with Gasteiger partial charge in [-0.2, -0.15) is 0 Å². The van der Waals surface area contributed by atoms with Crippen LogP contribution in [0.4, 0.5) is 8.78 Å². The Morgan fingerprint density at radius 2 is 1.95 bits per heavy atom. The standard InChI is InChI=1S/C16H15F2NO/c17-14-6-5-11(7-15(14)18)8-19-9-12-10-20-16-4-2-1-3-13(12)16/h1-7,12,19H,8-10H2. The zero-order valence-electron chi connectivity index (χ0n) is 10.9. The highest BCUT2D eigenvalue weighted by molar-refractivity contribution is 5.39. The summed E-state index contributed by atoms with van der Waals surface area (Å²) in [6.07, 6.45) is 0. The zero-order chi connectivity index (χ0) is 13.9. The van der Waals surface area contributed by atoms with E-state index in [2.05, 4.69) is 11.4 Å². The van der Waals surface area contributed by atoms with Crippen LogP contribution in [0.2, 0.25) is 0 Å². The molecule has 0 saturated carbocycles. The molecule has 1 aliphatic heterocycles. The van der Waals surface area contributed by atoms with Crippen LogP contribution in [0.5, 0.6) is 5.75 Å². The van der Waals surface area contributed by atoms with Gasteiger partial charge in [0.05, 0.1) is 6.61 Å². The molecule has 3 rings (SSSR count). The van der Waals surface area contributed by atoms with Crippen molar-refractivity contribution in [2.75, 3.05) is 13.2 Å². The lowest BCUT2D eigenvalue weighted by molar-refractivity contribution is 0.326. The molecule has 0 radical (unpaired) electrons. The number of nitrogens with one attached hydrogen (secondary N) is 1. The van der Waals surface area contributed by atoms with E-state index in [9.17, 15) is 8.78 Å². The van der Waals surface area contributed by atoms with E-state index in [4.69, 9.17) is 4.74 Å². The van der Waals surface area contributed by atoms with Crippen molar-refractivity contribution in [3.63, 3.8) is 0 Å². The average Bonchev–Trinajstić information content (AvgIpc) is 2.86. The third-order valence-electron chi connectivity index (χ3n) is 3.50. The summed E-state index contributed by atoms with van der Waals surface area (Å²) in [6.45, 7) is 1.91. The first-order valence-electron chi connectivity index (χ1n) is 6.60. The van der Waals surface area contributed by atoms with Crippen LogP contribution in [-0.4, -0.2) is 13.2 Å². The molecule has 20 heavy (non-hydrogen) atoms. The van der Waals surface area contributed by atoms with Gasteiger partial charge in [0.25, 0.3) is 0 Å². The highest BCUT2D eigenvalue weighted by Crippen LogP contribution is 2.32. The molecule has 1 atom stereocenters. The van der Waals surface area contributed by atoms with Crippen LogP contribution in [0.1, 0.15) is 17.0 Å². The first-order valence-corrected chi connectivity index (χ1v) is 6.60. The van der Waals surface area contributed by atoms with Crippen molar-refractivity contribution in [2.24, 2.45) is 0 Å². The van der Waals surface area contributed by atoms with E-state index < -0.39 is 11.6 Å². The molecule has 0 amide bonds. The Labute approximate surface area is 116 Å². The van der Waals surface area contributed by atoms with Gasteiger partial charge in [-0.3, -0.25) is 0 Å². The maximum absolute atomic E-state index is 13.1. The quantitative estimate of drug-likeness (QED) is 0.925. The van der Waals surface area contributed by atoms with Crippen LogP contribution in [0.15, 0.2) is 42.5 Å². The van der Waals surface area contributed by atoms with E-state index >= 15 is 0 Å². The number of ether oxygens (including phenoxy) is 1. The van der Waals surface area contributed by atoms with Crippen LogP contribution < -0.4 is 10.1 Å². The van der Waals surface area contributed by atoms with Crippen molar-refractivity contribution in [1.29, 1.82) is 0 Å². The summed E-state index contributed by atoms with van der Waals surface area (Å²) in [5, 5.41) is 3.26. The van der Waals surface area contributed by atoms with Gasteiger partial charge in [0, 0.05) is 24.6 Å². The molecule has 0 aromatic heterocycles. The Bertz CT molecular complexity index is 615. The Morgan fingerprint density at radius 3 is 2.80 bits per heavy atom. The second-order valence-corrected chi connectivity index (χ2v) is 4.93. The van der Waals surface area contributed by atoms with E-state index in [1.807, 2.05) is 18.2 Å². The number of benzene rings is 2. The summed E-state index contributed by atoms with van der Waals surface area (Å²) < 4.78 is 31.5. The molecule has 2 aromatic rings. The van der Waals surface area contributed by atoms with Gasteiger partial charge in [0.15, 0.2) is 11.6 Å². The van der Waals surface area contributed by atoms with Crippen LogP contribution in [0, 0.1) is 11.6 Å². The van der Waals surface area contributed by atoms with E-state index in [0.29, 0.717) is 19.1 Å². The minimum atomic E-state index is -0.813. The van der Waals surface area contributed by atoms with Crippen molar-refractivity contribution >= 4 is 0 Å². The number of halogens is 2. The topological polar surface area (TPSA) is 21.3 Å². The van der Waals surface area contributed by atoms with Gasteiger partial charge in [-0.05, 0) is 23.8 Å². The molecule has 4 heteroatoms. The first-order chi connectivity index (χ1) is 9.74. The Kier molecular flexibility index (Phi) is 3.65. The molecule has 0 bridgehead atoms. The molecule has 2 nitrogen and oxygen atoms in total. The summed E-state index contributed by atoms with van der Waals surface area (Å²) in [5.74, 6) is -0.380. The fourth-order valence-electron chi connectivity index (χ4n) is 2.44. The highest BCUT2D eigenvalue weighted by atomic mass is 19.2. The smallest absolute Gasteiger partial charge is 0.159 e. The summed E-state index contributed by atoms with van der Waals surface area (Å²) in [7, 11) is 0. The molecular weight excluding hydrogens is 260 g/mol. The lowest BCUT2D eigenvalue weighted by atomic mass is 10.0. The van der Waals surface area contributed by atoms with Crippen molar-refractivity contribution < 1.29 is 13.5 Å². The number of rotatable bonds is 4. The average molecular weight is 275 g/mol. The molecule has 104 valence electrons. The molecule has 1 unspecified atom stereocenters. The molecule has 1 aliphatic rings. The lowest BCUT2D eigenvalue weighted by Gasteiger charge is -2.10. The lowest BCUT2D eigenvalue weighted by Crippen LogP contribution is -2.22. The third kappa shape index (κ3) is 2.65. The summed E-state index contributed by atoms with van der Waals surface area (Å²) >= 11 is 0. The van der Waals surface area contributed by atoms with E-state index in [1.165, 1.54) is 11.6 Å². The molecule has 2 aromatic carbocycles. The Balaban J connectivity index is 1.57. The van der Waals surface area contributed by atoms with E-state index in [-0.39, 0.29) is 0 Å². The third-order valence-corrected chi connectivity index (χ3v) is 3.50. The molecule has 0 spiro atoms. The molecule has 1 N–H and O–H groups in total. The largest absolute Gasteiger partial charge is 0.493 e. The number of fused-ring (bicyclic) bond motifs is 1. The van der Waals surface area contributed by atoms with Gasteiger partial charge in [0.1, 0.15) is 5.75 Å². The molecule has 0 aliphatic carbocycles. The second-order valence-electron chi connectivity index (χ2n) is 4.93. The molecule has 1 heterocycles. The molecule has 0 fully saturated rings.